The number of hydrogen-bond donors (Lipinski definition) is 0. The van der Waals surface area contributed by atoms with Crippen LogP contribution in [0.2, 0.25) is 0 Å². The van der Waals surface area contributed by atoms with Gasteiger partial charge < -0.3 is 9.47 Å². The van der Waals surface area contributed by atoms with Gasteiger partial charge in [0.25, 0.3) is 0 Å². The van der Waals surface area contributed by atoms with Crippen LogP contribution in [0.5, 0.6) is 5.75 Å². The third-order valence-electron chi connectivity index (χ3n) is 2.07. The molecular weight excluding hydrogens is 306 g/mol. The van der Waals surface area contributed by atoms with Gasteiger partial charge in [-0.3, -0.25) is 14.9 Å². The van der Waals surface area contributed by atoms with Gasteiger partial charge in [-0.05, 0) is 18.6 Å². The van der Waals surface area contributed by atoms with Crippen LogP contribution in [0.1, 0.15) is 12.8 Å². The predicted molar refractivity (Wildman–Crippen MR) is 67.5 cm³/mol. The van der Waals surface area contributed by atoms with Crippen LogP contribution in [-0.2, 0) is 9.53 Å². The van der Waals surface area contributed by atoms with Crippen LogP contribution >= 0.6 is 15.9 Å². The van der Waals surface area contributed by atoms with Gasteiger partial charge in [-0.15, -0.1) is 0 Å². The second-order valence-corrected chi connectivity index (χ2v) is 4.36. The number of esters is 1. The molecule has 0 aromatic heterocycles. The van der Waals surface area contributed by atoms with Gasteiger partial charge in [0.05, 0.1) is 4.92 Å². The smallest absolute Gasteiger partial charge is 0.312 e. The molecule has 0 heterocycles. The molecule has 0 bridgehead atoms. The fourth-order valence-corrected chi connectivity index (χ4v) is 1.60. The Labute approximate surface area is 112 Å². The fourth-order valence-electron chi connectivity index (χ4n) is 1.25. The third kappa shape index (κ3) is 4.42. The lowest BCUT2D eigenvalue weighted by molar-refractivity contribution is -0.385. The highest BCUT2D eigenvalue weighted by molar-refractivity contribution is 9.10. The maximum Gasteiger partial charge on any atom is 0.312 e. The summed E-state index contributed by atoms with van der Waals surface area (Å²) in [6.07, 6.45) is 0.667. The number of ether oxygens (including phenoxy) is 2. The van der Waals surface area contributed by atoms with E-state index < -0.39 is 10.9 Å². The lowest BCUT2D eigenvalue weighted by Gasteiger charge is -2.05. The van der Waals surface area contributed by atoms with Crippen molar-refractivity contribution < 1.29 is 19.2 Å². The van der Waals surface area contributed by atoms with Crippen molar-refractivity contribution in [2.24, 2.45) is 0 Å². The van der Waals surface area contributed by atoms with E-state index in [1.165, 1.54) is 19.2 Å². The molecule has 0 saturated heterocycles. The van der Waals surface area contributed by atoms with Gasteiger partial charge in [0, 0.05) is 30.7 Å². The summed E-state index contributed by atoms with van der Waals surface area (Å²) in [5, 5.41) is 10.8. The van der Waals surface area contributed by atoms with Crippen molar-refractivity contribution in [1.82, 2.24) is 0 Å². The Morgan fingerprint density at radius 1 is 1.50 bits per heavy atom. The quantitative estimate of drug-likeness (QED) is 0.265. The van der Waals surface area contributed by atoms with Gasteiger partial charge in [-0.25, -0.2) is 0 Å². The first-order valence-corrected chi connectivity index (χ1v) is 5.97. The molecule has 0 radical (unpaired) electrons. The van der Waals surface area contributed by atoms with E-state index in [2.05, 4.69) is 15.9 Å². The average molecular weight is 318 g/mol. The van der Waals surface area contributed by atoms with Crippen molar-refractivity contribution >= 4 is 27.6 Å². The van der Waals surface area contributed by atoms with E-state index in [1.807, 2.05) is 0 Å². The van der Waals surface area contributed by atoms with Gasteiger partial charge in [0.15, 0.2) is 0 Å². The topological polar surface area (TPSA) is 78.7 Å². The first-order valence-electron chi connectivity index (χ1n) is 5.18. The van der Waals surface area contributed by atoms with Crippen molar-refractivity contribution in [3.8, 4) is 5.75 Å². The molecule has 0 saturated carbocycles. The number of nitrogens with zero attached hydrogens (tertiary/aromatic N) is 1. The van der Waals surface area contributed by atoms with Crippen LogP contribution in [0, 0.1) is 10.1 Å². The van der Waals surface area contributed by atoms with Crippen molar-refractivity contribution in [1.29, 1.82) is 0 Å². The summed E-state index contributed by atoms with van der Waals surface area (Å²) < 4.78 is 10.3. The zero-order chi connectivity index (χ0) is 13.5. The van der Waals surface area contributed by atoms with E-state index in [9.17, 15) is 14.9 Å². The minimum atomic E-state index is -0.595. The summed E-state index contributed by atoms with van der Waals surface area (Å²) in [4.78, 5) is 21.6. The molecule has 18 heavy (non-hydrogen) atoms. The van der Waals surface area contributed by atoms with E-state index in [0.29, 0.717) is 17.5 Å². The Hall–Kier alpha value is -1.47. The lowest BCUT2D eigenvalue weighted by Crippen LogP contribution is -2.10. The molecule has 1 aromatic rings. The molecule has 1 rings (SSSR count). The van der Waals surface area contributed by atoms with Gasteiger partial charge in [0.1, 0.15) is 0 Å². The number of rotatable bonds is 6. The SMILES string of the molecule is COCCCC(=O)Oc1ccc(Br)cc1[N+](=O)[O-]. The molecule has 0 aliphatic heterocycles. The summed E-state index contributed by atoms with van der Waals surface area (Å²) >= 11 is 3.12. The summed E-state index contributed by atoms with van der Waals surface area (Å²) in [5.41, 5.74) is -0.246. The second kappa shape index (κ2) is 7.07. The van der Waals surface area contributed by atoms with Crippen molar-refractivity contribution in [2.45, 2.75) is 12.8 Å². The number of carbonyl (C=O) groups excluding carboxylic acids is 1. The molecule has 0 unspecified atom stereocenters. The molecule has 0 spiro atoms. The summed E-state index contributed by atoms with van der Waals surface area (Å²) in [6, 6.07) is 4.25. The Morgan fingerprint density at radius 2 is 2.22 bits per heavy atom. The standard InChI is InChI=1S/C11H12BrNO5/c1-17-6-2-3-11(14)18-10-5-4-8(12)7-9(10)13(15)16/h4-5,7H,2-3,6H2,1H3. The van der Waals surface area contributed by atoms with Crippen molar-refractivity contribution in [3.63, 3.8) is 0 Å². The minimum absolute atomic E-state index is 0.0504. The van der Waals surface area contributed by atoms with Crippen LogP contribution in [0.3, 0.4) is 0 Å². The summed E-state index contributed by atoms with van der Waals surface area (Å²) in [7, 11) is 1.53. The Balaban J connectivity index is 2.72. The van der Waals surface area contributed by atoms with Crippen LogP contribution < -0.4 is 4.74 Å². The monoisotopic (exact) mass is 317 g/mol. The molecular formula is C11H12BrNO5. The fraction of sp³-hybridized carbons (Fsp3) is 0.364. The molecule has 98 valence electrons. The van der Waals surface area contributed by atoms with Crippen LogP contribution in [0.25, 0.3) is 0 Å². The number of benzene rings is 1. The molecule has 0 amide bonds. The van der Waals surface area contributed by atoms with Gasteiger partial charge in [-0.2, -0.15) is 0 Å². The Kier molecular flexibility index (Phi) is 5.73. The number of halogens is 1. The first kappa shape index (κ1) is 14.6. The normalized spacial score (nSPS) is 10.1. The third-order valence-corrected chi connectivity index (χ3v) is 2.56. The van der Waals surface area contributed by atoms with E-state index in [4.69, 9.17) is 9.47 Å². The van der Waals surface area contributed by atoms with Gasteiger partial charge in [-0.1, -0.05) is 15.9 Å². The van der Waals surface area contributed by atoms with Crippen LogP contribution in [0.15, 0.2) is 22.7 Å². The zero-order valence-electron chi connectivity index (χ0n) is 9.72. The lowest BCUT2D eigenvalue weighted by atomic mass is 10.3. The predicted octanol–water partition coefficient (Wildman–Crippen LogP) is 2.69. The summed E-state index contributed by atoms with van der Waals surface area (Å²) in [5.74, 6) is -0.567. The van der Waals surface area contributed by atoms with E-state index in [-0.39, 0.29) is 17.9 Å². The van der Waals surface area contributed by atoms with Gasteiger partial charge in [0.2, 0.25) is 5.75 Å². The number of nitro benzene ring substituents is 1. The molecule has 0 N–H and O–H groups in total. The summed E-state index contributed by atoms with van der Waals surface area (Å²) in [6.45, 7) is 0.442. The zero-order valence-corrected chi connectivity index (χ0v) is 11.3. The highest BCUT2D eigenvalue weighted by Gasteiger charge is 2.18. The number of hydrogen-bond acceptors (Lipinski definition) is 5. The second-order valence-electron chi connectivity index (χ2n) is 3.44. The average Bonchev–Trinajstić information content (AvgIpc) is 2.31. The number of methoxy groups -OCH3 is 1. The number of nitro groups is 1. The van der Waals surface area contributed by atoms with E-state index >= 15 is 0 Å². The molecule has 0 aliphatic rings. The number of carbonyl (C=O) groups is 1. The van der Waals surface area contributed by atoms with Crippen LogP contribution in [-0.4, -0.2) is 24.6 Å². The van der Waals surface area contributed by atoms with E-state index in [1.54, 1.807) is 6.07 Å². The largest absolute Gasteiger partial charge is 0.419 e. The molecule has 0 aliphatic carbocycles. The maximum atomic E-state index is 11.4. The van der Waals surface area contributed by atoms with Crippen molar-refractivity contribution in [3.05, 3.63) is 32.8 Å². The highest BCUT2D eigenvalue weighted by atomic mass is 79.9. The molecule has 0 fully saturated rings. The maximum absolute atomic E-state index is 11.4. The van der Waals surface area contributed by atoms with Gasteiger partial charge >= 0.3 is 11.7 Å². The van der Waals surface area contributed by atoms with E-state index in [0.717, 1.165) is 0 Å². The highest BCUT2D eigenvalue weighted by Crippen LogP contribution is 2.30. The molecule has 6 nitrogen and oxygen atoms in total. The molecule has 7 heteroatoms. The first-order chi connectivity index (χ1) is 8.54. The molecule has 0 atom stereocenters. The Morgan fingerprint density at radius 3 is 2.83 bits per heavy atom. The molecule has 1 aromatic carbocycles. The Bertz CT molecular complexity index is 449. The van der Waals surface area contributed by atoms with Crippen molar-refractivity contribution in [2.75, 3.05) is 13.7 Å². The van der Waals surface area contributed by atoms with Crippen LogP contribution in [0.4, 0.5) is 5.69 Å². The minimum Gasteiger partial charge on any atom is -0.419 e.